The summed E-state index contributed by atoms with van der Waals surface area (Å²) in [5.74, 6) is -0.658. The predicted octanol–water partition coefficient (Wildman–Crippen LogP) is 3.29. The standard InChI is InChI=1S/C19H22N2O3/c1-13(2)24-17-11-9-16(10-12-17)21-19(23)18(22)20-14(3)15-7-5-4-6-8-15/h4-14H,1-3H3,(H,20,22)(H,21,23)/t14-/m0/s1. The molecular formula is C19H22N2O3. The lowest BCUT2D eigenvalue weighted by atomic mass is 10.1. The van der Waals surface area contributed by atoms with E-state index in [4.69, 9.17) is 4.74 Å². The summed E-state index contributed by atoms with van der Waals surface area (Å²) >= 11 is 0. The van der Waals surface area contributed by atoms with Crippen LogP contribution in [0.1, 0.15) is 32.4 Å². The molecule has 0 saturated carbocycles. The van der Waals surface area contributed by atoms with Crippen LogP contribution in [0.5, 0.6) is 5.75 Å². The van der Waals surface area contributed by atoms with E-state index in [1.165, 1.54) is 0 Å². The Morgan fingerprint density at radius 2 is 1.50 bits per heavy atom. The van der Waals surface area contributed by atoms with Crippen LogP contribution in [-0.2, 0) is 9.59 Å². The number of hydrogen-bond donors (Lipinski definition) is 2. The van der Waals surface area contributed by atoms with Crippen molar-refractivity contribution < 1.29 is 14.3 Å². The molecule has 0 saturated heterocycles. The molecular weight excluding hydrogens is 304 g/mol. The van der Waals surface area contributed by atoms with Crippen LogP contribution in [0.15, 0.2) is 54.6 Å². The summed E-state index contributed by atoms with van der Waals surface area (Å²) < 4.78 is 5.53. The fourth-order valence-corrected chi connectivity index (χ4v) is 2.16. The number of amides is 2. The molecule has 5 nitrogen and oxygen atoms in total. The maximum absolute atomic E-state index is 12.0. The second kappa shape index (κ2) is 8.15. The average molecular weight is 326 g/mol. The van der Waals surface area contributed by atoms with E-state index in [0.717, 1.165) is 5.56 Å². The van der Waals surface area contributed by atoms with Gasteiger partial charge in [-0.25, -0.2) is 0 Å². The van der Waals surface area contributed by atoms with Gasteiger partial charge in [0.2, 0.25) is 0 Å². The van der Waals surface area contributed by atoms with E-state index in [0.29, 0.717) is 11.4 Å². The van der Waals surface area contributed by atoms with Crippen molar-refractivity contribution in [1.82, 2.24) is 5.32 Å². The molecule has 1 atom stereocenters. The number of hydrogen-bond acceptors (Lipinski definition) is 3. The molecule has 0 aliphatic carbocycles. The van der Waals surface area contributed by atoms with Gasteiger partial charge in [0, 0.05) is 5.69 Å². The zero-order valence-corrected chi connectivity index (χ0v) is 14.1. The Morgan fingerprint density at radius 3 is 2.08 bits per heavy atom. The van der Waals surface area contributed by atoms with Crippen LogP contribution >= 0.6 is 0 Å². The lowest BCUT2D eigenvalue weighted by Gasteiger charge is -2.14. The lowest BCUT2D eigenvalue weighted by molar-refractivity contribution is -0.136. The van der Waals surface area contributed by atoms with Gasteiger partial charge in [0.1, 0.15) is 5.75 Å². The van der Waals surface area contributed by atoms with E-state index in [1.807, 2.05) is 51.1 Å². The van der Waals surface area contributed by atoms with E-state index in [2.05, 4.69) is 10.6 Å². The van der Waals surface area contributed by atoms with E-state index in [9.17, 15) is 9.59 Å². The zero-order chi connectivity index (χ0) is 17.5. The molecule has 0 heterocycles. The summed E-state index contributed by atoms with van der Waals surface area (Å²) in [7, 11) is 0. The van der Waals surface area contributed by atoms with Crippen molar-refractivity contribution in [3.05, 3.63) is 60.2 Å². The summed E-state index contributed by atoms with van der Waals surface area (Å²) in [6.45, 7) is 5.71. The monoisotopic (exact) mass is 326 g/mol. The minimum absolute atomic E-state index is 0.0793. The summed E-state index contributed by atoms with van der Waals surface area (Å²) in [4.78, 5) is 24.0. The highest BCUT2D eigenvalue weighted by Gasteiger charge is 2.17. The highest BCUT2D eigenvalue weighted by atomic mass is 16.5. The normalized spacial score (nSPS) is 11.7. The van der Waals surface area contributed by atoms with E-state index >= 15 is 0 Å². The van der Waals surface area contributed by atoms with E-state index in [-0.39, 0.29) is 12.1 Å². The van der Waals surface area contributed by atoms with Crippen LogP contribution < -0.4 is 15.4 Å². The minimum atomic E-state index is -0.699. The predicted molar refractivity (Wildman–Crippen MR) is 93.8 cm³/mol. The van der Waals surface area contributed by atoms with Gasteiger partial charge in [0.25, 0.3) is 0 Å². The maximum Gasteiger partial charge on any atom is 0.313 e. The smallest absolute Gasteiger partial charge is 0.313 e. The SMILES string of the molecule is CC(C)Oc1ccc(NC(=O)C(=O)N[C@@H](C)c2ccccc2)cc1. The zero-order valence-electron chi connectivity index (χ0n) is 14.1. The van der Waals surface area contributed by atoms with Gasteiger partial charge in [0.15, 0.2) is 0 Å². The molecule has 0 unspecified atom stereocenters. The first-order chi connectivity index (χ1) is 11.5. The van der Waals surface area contributed by atoms with Gasteiger partial charge >= 0.3 is 11.8 Å². The van der Waals surface area contributed by atoms with Crippen molar-refractivity contribution in [3.63, 3.8) is 0 Å². The third kappa shape index (κ3) is 5.12. The first kappa shape index (κ1) is 17.5. The number of benzene rings is 2. The number of rotatable bonds is 5. The van der Waals surface area contributed by atoms with Crippen molar-refractivity contribution in [1.29, 1.82) is 0 Å². The Bertz CT molecular complexity index is 682. The van der Waals surface area contributed by atoms with Crippen molar-refractivity contribution >= 4 is 17.5 Å². The molecule has 0 radical (unpaired) electrons. The van der Waals surface area contributed by atoms with Crippen LogP contribution in [0.2, 0.25) is 0 Å². The molecule has 0 spiro atoms. The third-order valence-corrected chi connectivity index (χ3v) is 3.34. The van der Waals surface area contributed by atoms with Gasteiger partial charge in [-0.3, -0.25) is 9.59 Å². The van der Waals surface area contributed by atoms with Gasteiger partial charge in [-0.05, 0) is 50.6 Å². The topological polar surface area (TPSA) is 67.4 Å². The molecule has 0 fully saturated rings. The second-order valence-corrected chi connectivity index (χ2v) is 5.75. The average Bonchev–Trinajstić information content (AvgIpc) is 2.56. The van der Waals surface area contributed by atoms with Gasteiger partial charge in [-0.2, -0.15) is 0 Å². The molecule has 2 aromatic rings. The van der Waals surface area contributed by atoms with Crippen LogP contribution in [-0.4, -0.2) is 17.9 Å². The lowest BCUT2D eigenvalue weighted by Crippen LogP contribution is -2.36. The Labute approximate surface area is 142 Å². The number of carbonyl (C=O) groups is 2. The molecule has 24 heavy (non-hydrogen) atoms. The van der Waals surface area contributed by atoms with Crippen molar-refractivity contribution in [2.45, 2.75) is 32.9 Å². The number of carbonyl (C=O) groups excluding carboxylic acids is 2. The molecule has 2 N–H and O–H groups in total. The van der Waals surface area contributed by atoms with Crippen molar-refractivity contribution in [2.24, 2.45) is 0 Å². The van der Waals surface area contributed by atoms with Gasteiger partial charge in [-0.15, -0.1) is 0 Å². The fourth-order valence-electron chi connectivity index (χ4n) is 2.16. The molecule has 0 aliphatic heterocycles. The van der Waals surface area contributed by atoms with Crippen LogP contribution in [0, 0.1) is 0 Å². The molecule has 0 aromatic heterocycles. The summed E-state index contributed by atoms with van der Waals surface area (Å²) in [5.41, 5.74) is 1.48. The molecule has 126 valence electrons. The first-order valence-corrected chi connectivity index (χ1v) is 7.89. The minimum Gasteiger partial charge on any atom is -0.491 e. The third-order valence-electron chi connectivity index (χ3n) is 3.34. The number of anilines is 1. The van der Waals surface area contributed by atoms with Gasteiger partial charge in [0.05, 0.1) is 12.1 Å². The highest BCUT2D eigenvalue weighted by molar-refractivity contribution is 6.39. The Balaban J connectivity index is 1.90. The highest BCUT2D eigenvalue weighted by Crippen LogP contribution is 2.17. The first-order valence-electron chi connectivity index (χ1n) is 7.89. The largest absolute Gasteiger partial charge is 0.491 e. The van der Waals surface area contributed by atoms with Crippen LogP contribution in [0.4, 0.5) is 5.69 Å². The molecule has 5 heteroatoms. The second-order valence-electron chi connectivity index (χ2n) is 5.75. The van der Waals surface area contributed by atoms with Crippen molar-refractivity contribution in [3.8, 4) is 5.75 Å². The number of ether oxygens (including phenoxy) is 1. The quantitative estimate of drug-likeness (QED) is 0.829. The molecule has 0 aliphatic rings. The Hall–Kier alpha value is -2.82. The molecule has 2 rings (SSSR count). The van der Waals surface area contributed by atoms with Crippen LogP contribution in [0.25, 0.3) is 0 Å². The van der Waals surface area contributed by atoms with Gasteiger partial charge in [-0.1, -0.05) is 30.3 Å². The summed E-state index contributed by atoms with van der Waals surface area (Å²) in [5, 5.41) is 5.25. The fraction of sp³-hybridized carbons (Fsp3) is 0.263. The maximum atomic E-state index is 12.0. The summed E-state index contributed by atoms with van der Waals surface area (Å²) in [6, 6.07) is 16.1. The molecule has 0 bridgehead atoms. The summed E-state index contributed by atoms with van der Waals surface area (Å²) in [6.07, 6.45) is 0.0793. The number of nitrogens with one attached hydrogen (secondary N) is 2. The van der Waals surface area contributed by atoms with E-state index < -0.39 is 11.8 Å². The Kier molecular flexibility index (Phi) is 5.95. The molecule has 2 aromatic carbocycles. The molecule has 2 amide bonds. The van der Waals surface area contributed by atoms with Crippen molar-refractivity contribution in [2.75, 3.05) is 5.32 Å². The Morgan fingerprint density at radius 1 is 0.875 bits per heavy atom. The van der Waals surface area contributed by atoms with E-state index in [1.54, 1.807) is 24.3 Å². The van der Waals surface area contributed by atoms with Crippen LogP contribution in [0.3, 0.4) is 0 Å². The van der Waals surface area contributed by atoms with Gasteiger partial charge < -0.3 is 15.4 Å².